The van der Waals surface area contributed by atoms with Gasteiger partial charge < -0.3 is 5.11 Å². The van der Waals surface area contributed by atoms with Gasteiger partial charge in [-0.1, -0.05) is 0 Å². The summed E-state index contributed by atoms with van der Waals surface area (Å²) in [5, 5.41) is 11.4. The normalized spacial score (nSPS) is 19.8. The lowest BCUT2D eigenvalue weighted by molar-refractivity contribution is 0.119. The first kappa shape index (κ1) is 9.19. The molecular formula is C10H15NOS. The maximum Gasteiger partial charge on any atom is 0.0639 e. The third-order valence-electron chi connectivity index (χ3n) is 2.41. The molecule has 0 saturated carbocycles. The Labute approximate surface area is 82.8 Å². The van der Waals surface area contributed by atoms with Crippen molar-refractivity contribution in [2.24, 2.45) is 0 Å². The number of thiophene rings is 1. The minimum absolute atomic E-state index is 0.208. The highest BCUT2D eigenvalue weighted by atomic mass is 32.1. The fourth-order valence-corrected chi connectivity index (χ4v) is 2.73. The van der Waals surface area contributed by atoms with Gasteiger partial charge in [0.1, 0.15) is 0 Å². The summed E-state index contributed by atoms with van der Waals surface area (Å²) in [5.41, 5.74) is 1.46. The van der Waals surface area contributed by atoms with Crippen LogP contribution in [0.3, 0.4) is 0 Å². The van der Waals surface area contributed by atoms with E-state index in [1.807, 2.05) is 18.3 Å². The zero-order valence-electron chi connectivity index (χ0n) is 7.86. The molecule has 1 aliphatic rings. The highest BCUT2D eigenvalue weighted by molar-refractivity contribution is 7.10. The molecule has 0 bridgehead atoms. The number of hydrogen-bond acceptors (Lipinski definition) is 3. The van der Waals surface area contributed by atoms with Crippen molar-refractivity contribution in [1.29, 1.82) is 0 Å². The van der Waals surface area contributed by atoms with Crippen molar-refractivity contribution in [3.8, 4) is 0 Å². The van der Waals surface area contributed by atoms with Crippen LogP contribution in [0.2, 0.25) is 0 Å². The van der Waals surface area contributed by atoms with Gasteiger partial charge in [-0.15, -0.1) is 11.3 Å². The van der Waals surface area contributed by atoms with E-state index in [1.54, 1.807) is 0 Å². The maximum atomic E-state index is 9.26. The Hall–Kier alpha value is -0.380. The SMILES string of the molecule is CC(O)CN1CCc2sccc2C1. The summed E-state index contributed by atoms with van der Waals surface area (Å²) in [6.07, 6.45) is 0.944. The maximum absolute atomic E-state index is 9.26. The summed E-state index contributed by atoms with van der Waals surface area (Å²) in [6.45, 7) is 4.76. The Morgan fingerprint density at radius 2 is 2.54 bits per heavy atom. The van der Waals surface area contributed by atoms with Crippen LogP contribution in [-0.4, -0.2) is 29.2 Å². The van der Waals surface area contributed by atoms with E-state index < -0.39 is 0 Å². The highest BCUT2D eigenvalue weighted by Gasteiger charge is 2.17. The van der Waals surface area contributed by atoms with Gasteiger partial charge in [0.25, 0.3) is 0 Å². The molecule has 0 radical (unpaired) electrons. The lowest BCUT2D eigenvalue weighted by atomic mass is 10.1. The van der Waals surface area contributed by atoms with Crippen molar-refractivity contribution in [3.05, 3.63) is 21.9 Å². The van der Waals surface area contributed by atoms with Gasteiger partial charge in [-0.25, -0.2) is 0 Å². The van der Waals surface area contributed by atoms with Gasteiger partial charge >= 0.3 is 0 Å². The third kappa shape index (κ3) is 2.10. The van der Waals surface area contributed by atoms with Crippen LogP contribution in [0.25, 0.3) is 0 Å². The molecule has 72 valence electrons. The predicted octanol–water partition coefficient (Wildman–Crippen LogP) is 1.49. The average Bonchev–Trinajstić information content (AvgIpc) is 2.49. The van der Waals surface area contributed by atoms with E-state index in [1.165, 1.54) is 10.4 Å². The summed E-state index contributed by atoms with van der Waals surface area (Å²) < 4.78 is 0. The summed E-state index contributed by atoms with van der Waals surface area (Å²) >= 11 is 1.86. The molecule has 3 heteroatoms. The first-order valence-corrected chi connectivity index (χ1v) is 5.59. The van der Waals surface area contributed by atoms with Crippen molar-refractivity contribution >= 4 is 11.3 Å². The molecule has 2 heterocycles. The molecule has 0 aliphatic carbocycles. The van der Waals surface area contributed by atoms with Crippen LogP contribution in [0.5, 0.6) is 0 Å². The van der Waals surface area contributed by atoms with E-state index in [2.05, 4.69) is 16.3 Å². The summed E-state index contributed by atoms with van der Waals surface area (Å²) in [7, 11) is 0. The van der Waals surface area contributed by atoms with Crippen LogP contribution in [0, 0.1) is 0 Å². The minimum Gasteiger partial charge on any atom is -0.392 e. The molecule has 1 aromatic rings. The van der Waals surface area contributed by atoms with Crippen LogP contribution in [0.15, 0.2) is 11.4 Å². The Balaban J connectivity index is 2.00. The van der Waals surface area contributed by atoms with Crippen molar-refractivity contribution in [2.45, 2.75) is 26.0 Å². The first-order chi connectivity index (χ1) is 6.25. The molecule has 0 saturated heterocycles. The van der Waals surface area contributed by atoms with Gasteiger partial charge in [0.2, 0.25) is 0 Å². The molecule has 0 fully saturated rings. The van der Waals surface area contributed by atoms with Gasteiger partial charge in [0, 0.05) is 24.5 Å². The van der Waals surface area contributed by atoms with Crippen LogP contribution >= 0.6 is 11.3 Å². The van der Waals surface area contributed by atoms with Crippen LogP contribution in [-0.2, 0) is 13.0 Å². The second-order valence-electron chi connectivity index (χ2n) is 3.70. The van der Waals surface area contributed by atoms with Gasteiger partial charge in [-0.3, -0.25) is 4.90 Å². The lowest BCUT2D eigenvalue weighted by Gasteiger charge is -2.27. The van der Waals surface area contributed by atoms with E-state index in [0.29, 0.717) is 0 Å². The zero-order valence-corrected chi connectivity index (χ0v) is 8.68. The molecule has 2 rings (SSSR count). The van der Waals surface area contributed by atoms with Gasteiger partial charge in [0.05, 0.1) is 6.10 Å². The van der Waals surface area contributed by atoms with Crippen molar-refractivity contribution < 1.29 is 5.11 Å². The third-order valence-corrected chi connectivity index (χ3v) is 3.43. The quantitative estimate of drug-likeness (QED) is 0.776. The molecule has 2 nitrogen and oxygen atoms in total. The van der Waals surface area contributed by atoms with Gasteiger partial charge in [-0.2, -0.15) is 0 Å². The van der Waals surface area contributed by atoms with Crippen molar-refractivity contribution in [1.82, 2.24) is 4.90 Å². The van der Waals surface area contributed by atoms with Crippen molar-refractivity contribution in [2.75, 3.05) is 13.1 Å². The molecule has 1 aromatic heterocycles. The standard InChI is InChI=1S/C10H15NOS/c1-8(12)6-11-4-2-10-9(7-11)3-5-13-10/h3,5,8,12H,2,4,6-7H2,1H3. The van der Waals surface area contributed by atoms with E-state index in [0.717, 1.165) is 26.1 Å². The Bertz CT molecular complexity index is 282. The number of β-amino-alcohol motifs (C(OH)–C–C–N with tert-alkyl or cyclic N) is 1. The molecule has 1 unspecified atom stereocenters. The first-order valence-electron chi connectivity index (χ1n) is 4.71. The number of nitrogens with zero attached hydrogens (tertiary/aromatic N) is 1. The average molecular weight is 197 g/mol. The van der Waals surface area contributed by atoms with E-state index in [4.69, 9.17) is 0 Å². The summed E-state index contributed by atoms with van der Waals surface area (Å²) in [5.74, 6) is 0. The van der Waals surface area contributed by atoms with E-state index in [-0.39, 0.29) is 6.10 Å². The highest BCUT2D eigenvalue weighted by Crippen LogP contribution is 2.23. The van der Waals surface area contributed by atoms with E-state index >= 15 is 0 Å². The van der Waals surface area contributed by atoms with Crippen LogP contribution < -0.4 is 0 Å². The molecule has 1 N–H and O–H groups in total. The Morgan fingerprint density at radius 3 is 3.31 bits per heavy atom. The molecule has 13 heavy (non-hydrogen) atoms. The number of aliphatic hydroxyl groups is 1. The topological polar surface area (TPSA) is 23.5 Å². The monoisotopic (exact) mass is 197 g/mol. The smallest absolute Gasteiger partial charge is 0.0639 e. The molecule has 0 aromatic carbocycles. The Kier molecular flexibility index (Phi) is 2.67. The summed E-state index contributed by atoms with van der Waals surface area (Å²) in [6, 6.07) is 2.20. The largest absolute Gasteiger partial charge is 0.392 e. The number of aliphatic hydroxyl groups excluding tert-OH is 1. The molecule has 1 aliphatic heterocycles. The lowest BCUT2D eigenvalue weighted by Crippen LogP contribution is -2.34. The van der Waals surface area contributed by atoms with Crippen molar-refractivity contribution in [3.63, 3.8) is 0 Å². The zero-order chi connectivity index (χ0) is 9.26. The molecule has 0 amide bonds. The fourth-order valence-electron chi connectivity index (χ4n) is 1.84. The van der Waals surface area contributed by atoms with Crippen LogP contribution in [0.1, 0.15) is 17.4 Å². The Morgan fingerprint density at radius 1 is 1.69 bits per heavy atom. The second-order valence-corrected chi connectivity index (χ2v) is 4.70. The summed E-state index contributed by atoms with van der Waals surface area (Å²) in [4.78, 5) is 3.85. The number of hydrogen-bond donors (Lipinski definition) is 1. The number of rotatable bonds is 2. The fraction of sp³-hybridized carbons (Fsp3) is 0.600. The van der Waals surface area contributed by atoms with Crippen LogP contribution in [0.4, 0.5) is 0 Å². The molecular weight excluding hydrogens is 182 g/mol. The minimum atomic E-state index is -0.208. The van der Waals surface area contributed by atoms with Gasteiger partial charge in [0.15, 0.2) is 0 Å². The molecule has 1 atom stereocenters. The van der Waals surface area contributed by atoms with E-state index in [9.17, 15) is 5.11 Å². The number of fused-ring (bicyclic) bond motifs is 1. The molecule has 0 spiro atoms. The van der Waals surface area contributed by atoms with Gasteiger partial charge in [-0.05, 0) is 30.4 Å². The predicted molar refractivity (Wildman–Crippen MR) is 55.0 cm³/mol. The second kappa shape index (κ2) is 3.78.